The summed E-state index contributed by atoms with van der Waals surface area (Å²) >= 11 is 0. The van der Waals surface area contributed by atoms with Crippen molar-refractivity contribution in [1.82, 2.24) is 10.6 Å². The third-order valence-electron chi connectivity index (χ3n) is 4.24. The van der Waals surface area contributed by atoms with Crippen molar-refractivity contribution in [2.75, 3.05) is 26.9 Å². The minimum atomic E-state index is -0.670. The highest BCUT2D eigenvalue weighted by Crippen LogP contribution is 2.34. The molecule has 2 amide bonds. The van der Waals surface area contributed by atoms with Crippen molar-refractivity contribution in [2.24, 2.45) is 0 Å². The summed E-state index contributed by atoms with van der Waals surface area (Å²) in [7, 11) is 1.55. The van der Waals surface area contributed by atoms with Crippen LogP contribution >= 0.6 is 0 Å². The minimum Gasteiger partial charge on any atom is -0.493 e. The lowest BCUT2D eigenvalue weighted by Gasteiger charge is -2.28. The van der Waals surface area contributed by atoms with Gasteiger partial charge in [-0.15, -0.1) is 0 Å². The van der Waals surface area contributed by atoms with Crippen molar-refractivity contribution in [3.63, 3.8) is 0 Å². The highest BCUT2D eigenvalue weighted by molar-refractivity contribution is 5.95. The lowest BCUT2D eigenvalue weighted by molar-refractivity contribution is -0.141. The third kappa shape index (κ3) is 6.12. The van der Waals surface area contributed by atoms with Gasteiger partial charge in [0.15, 0.2) is 11.5 Å². The maximum atomic E-state index is 12.7. The Morgan fingerprint density at radius 3 is 2.59 bits per heavy atom. The lowest BCUT2D eigenvalue weighted by Crippen LogP contribution is -2.45. The monoisotopic (exact) mass is 406 g/mol. The minimum absolute atomic E-state index is 0.0546. The lowest BCUT2D eigenvalue weighted by atomic mass is 9.95. The fourth-order valence-electron chi connectivity index (χ4n) is 2.91. The third-order valence-corrected chi connectivity index (χ3v) is 4.24. The summed E-state index contributed by atoms with van der Waals surface area (Å²) in [4.78, 5) is 24.8. The summed E-state index contributed by atoms with van der Waals surface area (Å²) in [6.45, 7) is 8.50. The molecule has 1 heterocycles. The molecule has 1 aromatic carbocycles. The van der Waals surface area contributed by atoms with E-state index < -0.39 is 18.0 Å². The second kappa shape index (κ2) is 10.7. The van der Waals surface area contributed by atoms with Crippen LogP contribution in [-0.2, 0) is 14.3 Å². The van der Waals surface area contributed by atoms with Crippen molar-refractivity contribution in [3.05, 3.63) is 35.0 Å². The second-order valence-corrected chi connectivity index (χ2v) is 6.88. The molecule has 1 aromatic rings. The zero-order valence-electron chi connectivity index (χ0n) is 17.7. The number of nitrogens with one attached hydrogen (secondary N) is 2. The molecule has 29 heavy (non-hydrogen) atoms. The van der Waals surface area contributed by atoms with Gasteiger partial charge in [0.2, 0.25) is 0 Å². The first-order valence-corrected chi connectivity index (χ1v) is 9.75. The first-order chi connectivity index (χ1) is 13.9. The number of methoxy groups -OCH3 is 1. The van der Waals surface area contributed by atoms with Crippen molar-refractivity contribution < 1.29 is 28.5 Å². The van der Waals surface area contributed by atoms with Crippen LogP contribution in [-0.4, -0.2) is 45.0 Å². The van der Waals surface area contributed by atoms with E-state index in [2.05, 4.69) is 10.6 Å². The zero-order valence-corrected chi connectivity index (χ0v) is 17.7. The van der Waals surface area contributed by atoms with Crippen LogP contribution in [0.1, 0.15) is 45.7 Å². The molecule has 2 rings (SSSR count). The van der Waals surface area contributed by atoms with E-state index in [-0.39, 0.29) is 12.7 Å². The quantitative estimate of drug-likeness (QED) is 0.458. The van der Waals surface area contributed by atoms with E-state index in [1.165, 1.54) is 0 Å². The van der Waals surface area contributed by atoms with E-state index in [4.69, 9.17) is 18.9 Å². The summed E-state index contributed by atoms with van der Waals surface area (Å²) in [6, 6.07) is 4.26. The van der Waals surface area contributed by atoms with Crippen LogP contribution in [0.25, 0.3) is 0 Å². The maximum Gasteiger partial charge on any atom is 0.338 e. The maximum absolute atomic E-state index is 12.7. The van der Waals surface area contributed by atoms with Gasteiger partial charge in [0.05, 0.1) is 38.0 Å². The van der Waals surface area contributed by atoms with E-state index in [0.29, 0.717) is 41.5 Å². The van der Waals surface area contributed by atoms with Crippen LogP contribution in [0.15, 0.2) is 29.5 Å². The normalized spacial score (nSPS) is 16.3. The molecule has 1 aliphatic rings. The predicted octanol–water partition coefficient (Wildman–Crippen LogP) is 3.08. The first kappa shape index (κ1) is 22.5. The number of hydrogen-bond donors (Lipinski definition) is 2. The molecule has 0 radical (unpaired) electrons. The number of urea groups is 1. The SMILES string of the molecule is CCCOc1ccc([C@H]2NC(=O)NC(C)=C2C(=O)OCCOC(C)C)cc1OC. The molecule has 0 aliphatic carbocycles. The Balaban J connectivity index is 2.25. The molecule has 160 valence electrons. The van der Waals surface area contributed by atoms with Gasteiger partial charge >= 0.3 is 12.0 Å². The van der Waals surface area contributed by atoms with E-state index >= 15 is 0 Å². The summed E-state index contributed by atoms with van der Waals surface area (Å²) in [6.07, 6.45) is 0.923. The van der Waals surface area contributed by atoms with Crippen LogP contribution < -0.4 is 20.1 Å². The second-order valence-electron chi connectivity index (χ2n) is 6.88. The molecule has 0 saturated carbocycles. The summed E-state index contributed by atoms with van der Waals surface area (Å²) < 4.78 is 21.9. The Bertz CT molecular complexity index is 760. The highest BCUT2D eigenvalue weighted by atomic mass is 16.6. The number of carbonyl (C=O) groups excluding carboxylic acids is 2. The molecule has 2 N–H and O–H groups in total. The Kier molecular flexibility index (Phi) is 8.33. The van der Waals surface area contributed by atoms with Crippen LogP contribution in [0.2, 0.25) is 0 Å². The Morgan fingerprint density at radius 2 is 1.93 bits per heavy atom. The zero-order chi connectivity index (χ0) is 21.4. The number of benzene rings is 1. The number of hydrogen-bond acceptors (Lipinski definition) is 6. The molecule has 0 fully saturated rings. The number of amides is 2. The van der Waals surface area contributed by atoms with Crippen LogP contribution in [0, 0.1) is 0 Å². The van der Waals surface area contributed by atoms with Gasteiger partial charge in [0.1, 0.15) is 6.61 Å². The largest absolute Gasteiger partial charge is 0.493 e. The molecule has 0 saturated heterocycles. The molecule has 8 nitrogen and oxygen atoms in total. The first-order valence-electron chi connectivity index (χ1n) is 9.75. The number of rotatable bonds is 10. The van der Waals surface area contributed by atoms with Gasteiger partial charge in [-0.25, -0.2) is 9.59 Å². The Morgan fingerprint density at radius 1 is 1.17 bits per heavy atom. The molecule has 1 aliphatic heterocycles. The number of esters is 1. The van der Waals surface area contributed by atoms with Gasteiger partial charge in [0, 0.05) is 5.70 Å². The van der Waals surface area contributed by atoms with Crippen molar-refractivity contribution in [1.29, 1.82) is 0 Å². The summed E-state index contributed by atoms with van der Waals surface area (Å²) in [5.41, 5.74) is 1.46. The molecular formula is C21H30N2O6. The van der Waals surface area contributed by atoms with Crippen LogP contribution in [0.5, 0.6) is 11.5 Å². The average molecular weight is 406 g/mol. The van der Waals surface area contributed by atoms with Gasteiger partial charge in [-0.05, 0) is 44.9 Å². The smallest absolute Gasteiger partial charge is 0.338 e. The fraction of sp³-hybridized carbons (Fsp3) is 0.524. The predicted molar refractivity (Wildman–Crippen MR) is 108 cm³/mol. The fourth-order valence-corrected chi connectivity index (χ4v) is 2.91. The molecular weight excluding hydrogens is 376 g/mol. The molecule has 0 unspecified atom stereocenters. The van der Waals surface area contributed by atoms with Gasteiger partial charge in [-0.3, -0.25) is 0 Å². The van der Waals surface area contributed by atoms with E-state index in [0.717, 1.165) is 6.42 Å². The van der Waals surface area contributed by atoms with E-state index in [9.17, 15) is 9.59 Å². The number of ether oxygens (including phenoxy) is 4. The number of allylic oxidation sites excluding steroid dienone is 1. The van der Waals surface area contributed by atoms with E-state index in [1.54, 1.807) is 32.2 Å². The van der Waals surface area contributed by atoms with Gasteiger partial charge in [-0.1, -0.05) is 13.0 Å². The highest BCUT2D eigenvalue weighted by Gasteiger charge is 2.32. The van der Waals surface area contributed by atoms with Gasteiger partial charge in [-0.2, -0.15) is 0 Å². The Labute approximate surface area is 171 Å². The number of carbonyl (C=O) groups is 2. The van der Waals surface area contributed by atoms with Crippen molar-refractivity contribution in [3.8, 4) is 11.5 Å². The van der Waals surface area contributed by atoms with Crippen molar-refractivity contribution in [2.45, 2.75) is 46.3 Å². The van der Waals surface area contributed by atoms with E-state index in [1.807, 2.05) is 20.8 Å². The summed E-state index contributed by atoms with van der Waals surface area (Å²) in [5, 5.41) is 5.41. The van der Waals surface area contributed by atoms with Crippen molar-refractivity contribution >= 4 is 12.0 Å². The van der Waals surface area contributed by atoms with Crippen LogP contribution in [0.4, 0.5) is 4.79 Å². The molecule has 0 spiro atoms. The average Bonchev–Trinajstić information content (AvgIpc) is 2.68. The topological polar surface area (TPSA) is 95.1 Å². The Hall–Kier alpha value is -2.74. The standard InChI is InChI=1S/C21H30N2O6/c1-6-9-28-16-8-7-15(12-17(16)26-5)19-18(14(4)22-21(25)23-19)20(24)29-11-10-27-13(2)3/h7-8,12-13,19H,6,9-11H2,1-5H3,(H2,22,23,25)/t19-/m1/s1. The van der Waals surface area contributed by atoms with Gasteiger partial charge < -0.3 is 29.6 Å². The van der Waals surface area contributed by atoms with Gasteiger partial charge in [0.25, 0.3) is 0 Å². The molecule has 0 aromatic heterocycles. The molecule has 0 bridgehead atoms. The summed E-state index contributed by atoms with van der Waals surface area (Å²) in [5.74, 6) is 0.617. The molecule has 8 heteroatoms. The van der Waals surface area contributed by atoms with Crippen LogP contribution in [0.3, 0.4) is 0 Å². The molecule has 1 atom stereocenters.